The topological polar surface area (TPSA) is 114 Å². The molecular formula is C23H27N3O4. The number of hydroxylamine groups is 1. The summed E-state index contributed by atoms with van der Waals surface area (Å²) in [4.78, 5) is 23.9. The molecule has 0 bridgehead atoms. The van der Waals surface area contributed by atoms with Crippen LogP contribution in [0.1, 0.15) is 47.8 Å². The van der Waals surface area contributed by atoms with Crippen molar-refractivity contribution >= 4 is 11.8 Å². The van der Waals surface area contributed by atoms with Gasteiger partial charge in [-0.2, -0.15) is 0 Å². The highest BCUT2D eigenvalue weighted by atomic mass is 16.5. The first-order valence-electron chi connectivity index (χ1n) is 9.63. The number of carbonyl (C=O) groups is 2. The Labute approximate surface area is 176 Å². The molecule has 0 fully saturated rings. The van der Waals surface area contributed by atoms with E-state index in [-0.39, 0.29) is 6.10 Å². The Morgan fingerprint density at radius 2 is 1.53 bits per heavy atom. The molecule has 2 atom stereocenters. The van der Waals surface area contributed by atoms with Gasteiger partial charge in [0.1, 0.15) is 6.04 Å². The van der Waals surface area contributed by atoms with Crippen LogP contribution in [0.4, 0.5) is 0 Å². The molecule has 0 radical (unpaired) electrons. The Kier molecular flexibility index (Phi) is 8.56. The highest BCUT2D eigenvalue weighted by molar-refractivity contribution is 5.97. The average Bonchev–Trinajstić information content (AvgIpc) is 2.74. The lowest BCUT2D eigenvalue weighted by atomic mass is 10.1. The van der Waals surface area contributed by atoms with E-state index in [1.165, 1.54) is 5.48 Å². The van der Waals surface area contributed by atoms with Gasteiger partial charge in [0.15, 0.2) is 0 Å². The molecule has 0 aliphatic heterocycles. The molecule has 7 nitrogen and oxygen atoms in total. The number of benzene rings is 2. The lowest BCUT2D eigenvalue weighted by molar-refractivity contribution is -0.131. The molecule has 7 heteroatoms. The summed E-state index contributed by atoms with van der Waals surface area (Å²) in [5, 5.41) is 11.3. The first-order valence-corrected chi connectivity index (χ1v) is 9.63. The number of ether oxygens (including phenoxy) is 1. The van der Waals surface area contributed by atoms with E-state index in [1.54, 1.807) is 31.2 Å². The minimum Gasteiger partial charge on any atom is -0.374 e. The number of hydrogen-bond donors (Lipinski definition) is 4. The first-order chi connectivity index (χ1) is 14.3. The van der Waals surface area contributed by atoms with Crippen LogP contribution in [-0.4, -0.2) is 35.2 Å². The highest BCUT2D eigenvalue weighted by Gasteiger charge is 2.24. The lowest BCUT2D eigenvalue weighted by Crippen LogP contribution is -2.54. The minimum atomic E-state index is -1.05. The predicted octanol–water partition coefficient (Wildman–Crippen LogP) is 1.96. The molecule has 0 aliphatic rings. The van der Waals surface area contributed by atoms with Crippen molar-refractivity contribution < 1.29 is 19.5 Å². The van der Waals surface area contributed by atoms with E-state index < -0.39 is 23.9 Å². The molecule has 158 valence electrons. The van der Waals surface area contributed by atoms with Crippen molar-refractivity contribution in [2.75, 3.05) is 0 Å². The van der Waals surface area contributed by atoms with Gasteiger partial charge in [-0.15, -0.1) is 0 Å². The highest BCUT2D eigenvalue weighted by Crippen LogP contribution is 2.08. The van der Waals surface area contributed by atoms with Crippen LogP contribution in [0.25, 0.3) is 0 Å². The van der Waals surface area contributed by atoms with Crippen LogP contribution in [0.3, 0.4) is 0 Å². The Morgan fingerprint density at radius 1 is 1.00 bits per heavy atom. The third-order valence-corrected chi connectivity index (χ3v) is 4.24. The molecule has 2 amide bonds. The normalized spacial score (nSPS) is 12.5. The molecule has 0 heterocycles. The molecule has 5 N–H and O–H groups in total. The van der Waals surface area contributed by atoms with Crippen LogP contribution in [-0.2, 0) is 16.1 Å². The maximum absolute atomic E-state index is 12.3. The Balaban J connectivity index is 2.01. The second-order valence-corrected chi connectivity index (χ2v) is 7.17. The zero-order valence-electron chi connectivity index (χ0n) is 17.3. The zero-order chi connectivity index (χ0) is 22.1. The van der Waals surface area contributed by atoms with Crippen LogP contribution in [0, 0.1) is 11.8 Å². The van der Waals surface area contributed by atoms with E-state index in [0.29, 0.717) is 12.2 Å². The van der Waals surface area contributed by atoms with Crippen LogP contribution in [0.15, 0.2) is 48.5 Å². The molecule has 0 saturated carbocycles. The molecule has 0 unspecified atom stereocenters. The molecular weight excluding hydrogens is 382 g/mol. The summed E-state index contributed by atoms with van der Waals surface area (Å²) in [7, 11) is 0. The Hall–Kier alpha value is -3.18. The smallest absolute Gasteiger partial charge is 0.267 e. The number of nitrogens with one attached hydrogen (secondary N) is 2. The van der Waals surface area contributed by atoms with Gasteiger partial charge in [-0.3, -0.25) is 14.8 Å². The second kappa shape index (κ2) is 11.1. The number of amides is 2. The van der Waals surface area contributed by atoms with Gasteiger partial charge in [0, 0.05) is 22.7 Å². The SMILES string of the molecule is CC(C)OCc1ccc(C#Cc2ccc(C(=O)N[C@H](C(=O)NO)[C@@H](C)N)cc2)cc1. The van der Waals surface area contributed by atoms with Crippen LogP contribution in [0.5, 0.6) is 0 Å². The van der Waals surface area contributed by atoms with Crippen molar-refractivity contribution in [1.82, 2.24) is 10.8 Å². The molecule has 2 rings (SSSR count). The van der Waals surface area contributed by atoms with Crippen molar-refractivity contribution in [1.29, 1.82) is 0 Å². The third kappa shape index (κ3) is 7.01. The van der Waals surface area contributed by atoms with E-state index in [1.807, 2.05) is 38.1 Å². The summed E-state index contributed by atoms with van der Waals surface area (Å²) in [5.41, 5.74) is 10.2. The number of hydrogen-bond acceptors (Lipinski definition) is 5. The molecule has 0 saturated heterocycles. The fourth-order valence-corrected chi connectivity index (χ4v) is 2.53. The van der Waals surface area contributed by atoms with E-state index in [9.17, 15) is 9.59 Å². The van der Waals surface area contributed by atoms with Crippen molar-refractivity contribution in [3.63, 3.8) is 0 Å². The molecule has 0 aliphatic carbocycles. The molecule has 30 heavy (non-hydrogen) atoms. The van der Waals surface area contributed by atoms with Crippen molar-refractivity contribution in [2.24, 2.45) is 5.73 Å². The van der Waals surface area contributed by atoms with Crippen LogP contribution < -0.4 is 16.5 Å². The van der Waals surface area contributed by atoms with Gasteiger partial charge in [-0.1, -0.05) is 24.0 Å². The van der Waals surface area contributed by atoms with Gasteiger partial charge < -0.3 is 15.8 Å². The van der Waals surface area contributed by atoms with Crippen LogP contribution >= 0.6 is 0 Å². The van der Waals surface area contributed by atoms with Crippen molar-refractivity contribution in [3.8, 4) is 11.8 Å². The average molecular weight is 409 g/mol. The fourth-order valence-electron chi connectivity index (χ4n) is 2.53. The summed E-state index contributed by atoms with van der Waals surface area (Å²) < 4.78 is 5.57. The van der Waals surface area contributed by atoms with E-state index in [2.05, 4.69) is 17.2 Å². The Morgan fingerprint density at radius 3 is 2.00 bits per heavy atom. The largest absolute Gasteiger partial charge is 0.374 e. The van der Waals surface area contributed by atoms with E-state index in [0.717, 1.165) is 16.7 Å². The quantitative estimate of drug-likeness (QED) is 0.317. The van der Waals surface area contributed by atoms with Gasteiger partial charge in [0.05, 0.1) is 12.7 Å². The zero-order valence-corrected chi connectivity index (χ0v) is 17.3. The van der Waals surface area contributed by atoms with Gasteiger partial charge in [0.2, 0.25) is 0 Å². The summed E-state index contributed by atoms with van der Waals surface area (Å²) in [6, 6.07) is 12.8. The monoisotopic (exact) mass is 409 g/mol. The maximum Gasteiger partial charge on any atom is 0.267 e. The van der Waals surface area contributed by atoms with Crippen molar-refractivity contribution in [2.45, 2.75) is 45.6 Å². The standard InChI is InChI=1S/C23H27N3O4/c1-15(2)30-14-19-8-6-17(7-9-19)4-5-18-10-12-20(13-11-18)22(27)25-21(16(3)24)23(28)26-29/h6-13,15-16,21,29H,14,24H2,1-3H3,(H,25,27)(H,26,28)/t16-,21+/m1/s1. The van der Waals surface area contributed by atoms with Gasteiger partial charge >= 0.3 is 0 Å². The second-order valence-electron chi connectivity index (χ2n) is 7.17. The van der Waals surface area contributed by atoms with E-state index in [4.69, 9.17) is 15.7 Å². The molecule has 2 aromatic carbocycles. The summed E-state index contributed by atoms with van der Waals surface area (Å²) >= 11 is 0. The maximum atomic E-state index is 12.3. The molecule has 0 aromatic heterocycles. The predicted molar refractivity (Wildman–Crippen MR) is 114 cm³/mol. The van der Waals surface area contributed by atoms with E-state index >= 15 is 0 Å². The van der Waals surface area contributed by atoms with Gasteiger partial charge in [-0.25, -0.2) is 5.48 Å². The fraction of sp³-hybridized carbons (Fsp3) is 0.304. The summed E-state index contributed by atoms with van der Waals surface area (Å²) in [5.74, 6) is 4.89. The summed E-state index contributed by atoms with van der Waals surface area (Å²) in [6.07, 6.45) is 0.186. The number of rotatable bonds is 7. The third-order valence-electron chi connectivity index (χ3n) is 4.24. The lowest BCUT2D eigenvalue weighted by Gasteiger charge is -2.20. The molecule has 0 spiro atoms. The summed E-state index contributed by atoms with van der Waals surface area (Å²) in [6.45, 7) is 6.12. The van der Waals surface area contributed by atoms with Gasteiger partial charge in [-0.05, 0) is 62.7 Å². The van der Waals surface area contributed by atoms with Crippen LogP contribution in [0.2, 0.25) is 0 Å². The first kappa shape index (κ1) is 23.1. The van der Waals surface area contributed by atoms with Gasteiger partial charge in [0.25, 0.3) is 11.8 Å². The number of nitrogens with two attached hydrogens (primary N) is 1. The molecule has 2 aromatic rings. The van der Waals surface area contributed by atoms with Crippen molar-refractivity contribution in [3.05, 3.63) is 70.8 Å². The number of carbonyl (C=O) groups excluding carboxylic acids is 2. The Bertz CT molecular complexity index is 910. The minimum absolute atomic E-state index is 0.186.